The van der Waals surface area contributed by atoms with Crippen LogP contribution in [0.4, 0.5) is 0 Å². The number of ketones is 1. The molecule has 1 aromatic carbocycles. The monoisotopic (exact) mass is 242 g/mol. The molecule has 1 aromatic heterocycles. The standard InChI is InChI=1S/C14H14N2O2/c1-3-18-12-7-5-4-6-11(12)13(17)14-15-8-10(2)9-16-14/h4-9H,3H2,1-2H3. The summed E-state index contributed by atoms with van der Waals surface area (Å²) in [5.41, 5.74) is 1.41. The molecule has 92 valence electrons. The zero-order valence-corrected chi connectivity index (χ0v) is 10.4. The van der Waals surface area contributed by atoms with Gasteiger partial charge in [-0.25, -0.2) is 9.97 Å². The van der Waals surface area contributed by atoms with Crippen LogP contribution >= 0.6 is 0 Å². The Morgan fingerprint density at radius 2 is 1.89 bits per heavy atom. The minimum absolute atomic E-state index is 0.188. The fraction of sp³-hybridized carbons (Fsp3) is 0.214. The van der Waals surface area contributed by atoms with Crippen LogP contribution in [-0.4, -0.2) is 22.4 Å². The average Bonchev–Trinajstić information content (AvgIpc) is 2.40. The van der Waals surface area contributed by atoms with Crippen LogP contribution in [-0.2, 0) is 0 Å². The molecule has 0 atom stereocenters. The van der Waals surface area contributed by atoms with Gasteiger partial charge < -0.3 is 4.74 Å². The molecule has 0 N–H and O–H groups in total. The summed E-state index contributed by atoms with van der Waals surface area (Å²) in [6.07, 6.45) is 3.26. The molecular formula is C14H14N2O2. The van der Waals surface area contributed by atoms with Gasteiger partial charge >= 0.3 is 0 Å². The summed E-state index contributed by atoms with van der Waals surface area (Å²) in [6, 6.07) is 7.11. The van der Waals surface area contributed by atoms with Crippen LogP contribution in [0.25, 0.3) is 0 Å². The first kappa shape index (κ1) is 12.2. The Labute approximate surface area is 106 Å². The van der Waals surface area contributed by atoms with E-state index in [2.05, 4.69) is 9.97 Å². The van der Waals surface area contributed by atoms with Crippen molar-refractivity contribution in [3.63, 3.8) is 0 Å². The Morgan fingerprint density at radius 1 is 1.22 bits per heavy atom. The predicted molar refractivity (Wildman–Crippen MR) is 67.8 cm³/mol. The Morgan fingerprint density at radius 3 is 2.56 bits per heavy atom. The number of rotatable bonds is 4. The van der Waals surface area contributed by atoms with Crippen molar-refractivity contribution in [2.45, 2.75) is 13.8 Å². The summed E-state index contributed by atoms with van der Waals surface area (Å²) in [5.74, 6) is 0.529. The first-order valence-electron chi connectivity index (χ1n) is 5.77. The second-order valence-electron chi connectivity index (χ2n) is 3.84. The highest BCUT2D eigenvalue weighted by atomic mass is 16.5. The highest BCUT2D eigenvalue weighted by Crippen LogP contribution is 2.20. The first-order chi connectivity index (χ1) is 8.72. The number of hydrogen-bond acceptors (Lipinski definition) is 4. The van der Waals surface area contributed by atoms with Gasteiger partial charge in [-0.3, -0.25) is 4.79 Å². The molecule has 0 saturated heterocycles. The average molecular weight is 242 g/mol. The lowest BCUT2D eigenvalue weighted by atomic mass is 10.1. The SMILES string of the molecule is CCOc1ccccc1C(=O)c1ncc(C)cn1. The highest BCUT2D eigenvalue weighted by molar-refractivity contribution is 6.08. The number of ether oxygens (including phenoxy) is 1. The molecule has 0 radical (unpaired) electrons. The van der Waals surface area contributed by atoms with E-state index in [1.807, 2.05) is 19.9 Å². The van der Waals surface area contributed by atoms with Crippen LogP contribution in [0.1, 0.15) is 28.7 Å². The number of para-hydroxylation sites is 1. The third-order valence-electron chi connectivity index (χ3n) is 2.42. The van der Waals surface area contributed by atoms with E-state index in [0.717, 1.165) is 5.56 Å². The van der Waals surface area contributed by atoms with Gasteiger partial charge in [-0.15, -0.1) is 0 Å². The Balaban J connectivity index is 2.36. The third-order valence-corrected chi connectivity index (χ3v) is 2.42. The van der Waals surface area contributed by atoms with E-state index >= 15 is 0 Å². The van der Waals surface area contributed by atoms with E-state index < -0.39 is 0 Å². The molecule has 4 nitrogen and oxygen atoms in total. The minimum atomic E-state index is -0.223. The molecule has 0 unspecified atom stereocenters. The highest BCUT2D eigenvalue weighted by Gasteiger charge is 2.16. The van der Waals surface area contributed by atoms with Crippen molar-refractivity contribution in [3.8, 4) is 5.75 Å². The number of aromatic nitrogens is 2. The molecule has 2 rings (SSSR count). The van der Waals surface area contributed by atoms with Crippen molar-refractivity contribution in [2.24, 2.45) is 0 Å². The number of carbonyl (C=O) groups excluding carboxylic acids is 1. The molecular weight excluding hydrogens is 228 g/mol. The molecule has 0 aliphatic rings. The number of benzene rings is 1. The zero-order chi connectivity index (χ0) is 13.0. The molecule has 18 heavy (non-hydrogen) atoms. The maximum atomic E-state index is 12.2. The van der Waals surface area contributed by atoms with Crippen LogP contribution in [0.2, 0.25) is 0 Å². The zero-order valence-electron chi connectivity index (χ0n) is 10.4. The number of hydrogen-bond donors (Lipinski definition) is 0. The smallest absolute Gasteiger partial charge is 0.233 e. The number of aryl methyl sites for hydroxylation is 1. The van der Waals surface area contributed by atoms with Crippen molar-refractivity contribution >= 4 is 5.78 Å². The van der Waals surface area contributed by atoms with E-state index in [1.54, 1.807) is 30.6 Å². The molecule has 0 aliphatic heterocycles. The molecule has 0 fully saturated rings. The molecule has 0 bridgehead atoms. The van der Waals surface area contributed by atoms with Gasteiger partial charge in [0, 0.05) is 12.4 Å². The molecule has 4 heteroatoms. The Bertz CT molecular complexity index is 550. The summed E-state index contributed by atoms with van der Waals surface area (Å²) >= 11 is 0. The first-order valence-corrected chi connectivity index (χ1v) is 5.77. The third kappa shape index (κ3) is 2.53. The van der Waals surface area contributed by atoms with E-state index in [-0.39, 0.29) is 11.6 Å². The fourth-order valence-electron chi connectivity index (χ4n) is 1.57. The Kier molecular flexibility index (Phi) is 3.67. The van der Waals surface area contributed by atoms with E-state index in [4.69, 9.17) is 4.74 Å². The number of carbonyl (C=O) groups is 1. The van der Waals surface area contributed by atoms with E-state index in [1.165, 1.54) is 0 Å². The summed E-state index contributed by atoms with van der Waals surface area (Å²) in [7, 11) is 0. The topological polar surface area (TPSA) is 52.1 Å². The molecule has 0 amide bonds. The van der Waals surface area contributed by atoms with Crippen molar-refractivity contribution < 1.29 is 9.53 Å². The van der Waals surface area contributed by atoms with Gasteiger partial charge in [-0.05, 0) is 31.5 Å². The van der Waals surface area contributed by atoms with Gasteiger partial charge in [0.05, 0.1) is 12.2 Å². The van der Waals surface area contributed by atoms with Crippen LogP contribution in [0.5, 0.6) is 5.75 Å². The predicted octanol–water partition coefficient (Wildman–Crippen LogP) is 2.41. The van der Waals surface area contributed by atoms with E-state index in [9.17, 15) is 4.79 Å². The normalized spacial score (nSPS) is 10.1. The fourth-order valence-corrected chi connectivity index (χ4v) is 1.57. The van der Waals surface area contributed by atoms with Crippen molar-refractivity contribution in [1.82, 2.24) is 9.97 Å². The summed E-state index contributed by atoms with van der Waals surface area (Å²) < 4.78 is 5.43. The second kappa shape index (κ2) is 5.40. The molecule has 0 aliphatic carbocycles. The van der Waals surface area contributed by atoms with E-state index in [0.29, 0.717) is 17.9 Å². The summed E-state index contributed by atoms with van der Waals surface area (Å²) in [5, 5.41) is 0. The largest absolute Gasteiger partial charge is 0.493 e. The molecule has 2 aromatic rings. The van der Waals surface area contributed by atoms with Crippen LogP contribution in [0.15, 0.2) is 36.7 Å². The number of nitrogens with zero attached hydrogens (tertiary/aromatic N) is 2. The lowest BCUT2D eigenvalue weighted by Crippen LogP contribution is -2.09. The van der Waals surface area contributed by atoms with Gasteiger partial charge in [0.15, 0.2) is 0 Å². The van der Waals surface area contributed by atoms with Crippen molar-refractivity contribution in [1.29, 1.82) is 0 Å². The summed E-state index contributed by atoms with van der Waals surface area (Å²) in [6.45, 7) is 4.27. The molecule has 0 saturated carbocycles. The van der Waals surface area contributed by atoms with Crippen LogP contribution in [0, 0.1) is 6.92 Å². The van der Waals surface area contributed by atoms with Gasteiger partial charge in [-0.1, -0.05) is 12.1 Å². The summed E-state index contributed by atoms with van der Waals surface area (Å²) in [4.78, 5) is 20.3. The van der Waals surface area contributed by atoms with Crippen LogP contribution in [0.3, 0.4) is 0 Å². The quantitative estimate of drug-likeness (QED) is 0.772. The van der Waals surface area contributed by atoms with Crippen molar-refractivity contribution in [3.05, 3.63) is 53.6 Å². The van der Waals surface area contributed by atoms with Crippen molar-refractivity contribution in [2.75, 3.05) is 6.61 Å². The van der Waals surface area contributed by atoms with Gasteiger partial charge in [0.2, 0.25) is 11.6 Å². The lowest BCUT2D eigenvalue weighted by molar-refractivity contribution is 0.102. The molecule has 1 heterocycles. The van der Waals surface area contributed by atoms with Gasteiger partial charge in [-0.2, -0.15) is 0 Å². The van der Waals surface area contributed by atoms with Gasteiger partial charge in [0.1, 0.15) is 5.75 Å². The minimum Gasteiger partial charge on any atom is -0.493 e. The van der Waals surface area contributed by atoms with Crippen LogP contribution < -0.4 is 4.74 Å². The lowest BCUT2D eigenvalue weighted by Gasteiger charge is -2.08. The Hall–Kier alpha value is -2.23. The van der Waals surface area contributed by atoms with Gasteiger partial charge in [0.25, 0.3) is 0 Å². The maximum absolute atomic E-state index is 12.2. The second-order valence-corrected chi connectivity index (χ2v) is 3.84. The maximum Gasteiger partial charge on any atom is 0.233 e. The molecule has 0 spiro atoms.